The molecular formula is C13H18ClN3O. The van der Waals surface area contributed by atoms with E-state index < -0.39 is 0 Å². The topological polar surface area (TPSA) is 45.2 Å². The van der Waals surface area contributed by atoms with E-state index in [1.165, 1.54) is 0 Å². The lowest BCUT2D eigenvalue weighted by atomic mass is 9.94. The molecule has 0 aromatic carbocycles. The molecular weight excluding hydrogens is 250 g/mol. The van der Waals surface area contributed by atoms with Gasteiger partial charge in [-0.2, -0.15) is 0 Å². The summed E-state index contributed by atoms with van der Waals surface area (Å²) in [5.41, 5.74) is 0.383. The number of rotatable bonds is 2. The van der Waals surface area contributed by atoms with Gasteiger partial charge in [0.05, 0.1) is 0 Å². The summed E-state index contributed by atoms with van der Waals surface area (Å²) in [4.78, 5) is 18.4. The van der Waals surface area contributed by atoms with Crippen LogP contribution in [0.25, 0.3) is 0 Å². The monoisotopic (exact) mass is 267 g/mol. The van der Waals surface area contributed by atoms with E-state index in [9.17, 15) is 4.79 Å². The summed E-state index contributed by atoms with van der Waals surface area (Å²) in [7, 11) is 2.10. The molecule has 1 aromatic heterocycles. The fourth-order valence-electron chi connectivity index (χ4n) is 2.34. The molecule has 18 heavy (non-hydrogen) atoms. The largest absolute Gasteiger partial charge is 0.348 e. The Labute approximate surface area is 112 Å². The van der Waals surface area contributed by atoms with E-state index in [1.54, 1.807) is 18.3 Å². The van der Waals surface area contributed by atoms with E-state index in [4.69, 9.17) is 11.6 Å². The third kappa shape index (κ3) is 3.21. The van der Waals surface area contributed by atoms with Gasteiger partial charge in [-0.25, -0.2) is 0 Å². The number of halogens is 1. The maximum Gasteiger partial charge on any atom is 0.270 e. The van der Waals surface area contributed by atoms with Crippen molar-refractivity contribution in [1.82, 2.24) is 15.2 Å². The fourth-order valence-corrected chi connectivity index (χ4v) is 2.50. The van der Waals surface area contributed by atoms with Crippen molar-refractivity contribution >= 4 is 17.5 Å². The second-order valence-corrected chi connectivity index (χ2v) is 5.40. The lowest BCUT2D eigenvalue weighted by Crippen LogP contribution is -2.49. The molecule has 0 radical (unpaired) electrons. The van der Waals surface area contributed by atoms with Crippen molar-refractivity contribution in [3.05, 3.63) is 29.0 Å². The van der Waals surface area contributed by atoms with Gasteiger partial charge in [-0.3, -0.25) is 9.78 Å². The number of nitrogens with zero attached hydrogens (tertiary/aromatic N) is 2. The highest BCUT2D eigenvalue weighted by molar-refractivity contribution is 6.30. The molecule has 0 bridgehead atoms. The van der Waals surface area contributed by atoms with Crippen molar-refractivity contribution in [3.63, 3.8) is 0 Å². The van der Waals surface area contributed by atoms with Crippen LogP contribution in [-0.2, 0) is 0 Å². The highest BCUT2D eigenvalue weighted by Gasteiger charge is 2.26. The molecule has 2 heterocycles. The van der Waals surface area contributed by atoms with Gasteiger partial charge in [0.2, 0.25) is 0 Å². The molecule has 0 spiro atoms. The Kier molecular flexibility index (Phi) is 4.19. The molecule has 1 N–H and O–H groups in total. The van der Waals surface area contributed by atoms with Crippen LogP contribution in [0.3, 0.4) is 0 Å². The van der Waals surface area contributed by atoms with Crippen LogP contribution in [0.1, 0.15) is 23.8 Å². The number of amides is 1. The first kappa shape index (κ1) is 13.3. The number of nitrogens with one attached hydrogen (secondary N) is 1. The summed E-state index contributed by atoms with van der Waals surface area (Å²) in [5.74, 6) is 0.311. The number of hydrogen-bond donors (Lipinski definition) is 1. The van der Waals surface area contributed by atoms with E-state index in [2.05, 4.69) is 29.2 Å². The second-order valence-electron chi connectivity index (χ2n) is 4.97. The standard InChI is InChI=1S/C13H18ClN3O/c1-9-8-17(2)6-4-11(9)16-13(18)12-7-10(14)3-5-15-12/h3,5,7,9,11H,4,6,8H2,1-2H3,(H,16,18). The summed E-state index contributed by atoms with van der Waals surface area (Å²) in [6.45, 7) is 4.18. The van der Waals surface area contributed by atoms with Crippen molar-refractivity contribution in [1.29, 1.82) is 0 Å². The number of carbonyl (C=O) groups is 1. The first-order valence-corrected chi connectivity index (χ1v) is 6.55. The molecule has 98 valence electrons. The normalized spacial score (nSPS) is 24.8. The first-order chi connectivity index (χ1) is 8.56. The van der Waals surface area contributed by atoms with Crippen LogP contribution in [0.2, 0.25) is 5.02 Å². The van der Waals surface area contributed by atoms with Gasteiger partial charge in [0.15, 0.2) is 0 Å². The Morgan fingerprint density at radius 3 is 3.06 bits per heavy atom. The average Bonchev–Trinajstić information content (AvgIpc) is 2.32. The van der Waals surface area contributed by atoms with Crippen LogP contribution in [0.5, 0.6) is 0 Å². The van der Waals surface area contributed by atoms with Gasteiger partial charge < -0.3 is 10.2 Å². The molecule has 1 fully saturated rings. The van der Waals surface area contributed by atoms with E-state index in [0.29, 0.717) is 16.6 Å². The third-order valence-electron chi connectivity index (χ3n) is 3.38. The number of hydrogen-bond acceptors (Lipinski definition) is 3. The second kappa shape index (κ2) is 5.67. The van der Waals surface area contributed by atoms with E-state index in [1.807, 2.05) is 0 Å². The molecule has 0 aliphatic carbocycles. The SMILES string of the molecule is CC1CN(C)CCC1NC(=O)c1cc(Cl)ccn1. The summed E-state index contributed by atoms with van der Waals surface area (Å²) in [5, 5.41) is 3.58. The summed E-state index contributed by atoms with van der Waals surface area (Å²) < 4.78 is 0. The predicted octanol–water partition coefficient (Wildman–Crippen LogP) is 1.80. The van der Waals surface area contributed by atoms with Gasteiger partial charge in [-0.1, -0.05) is 18.5 Å². The van der Waals surface area contributed by atoms with Gasteiger partial charge in [-0.15, -0.1) is 0 Å². The van der Waals surface area contributed by atoms with Gasteiger partial charge >= 0.3 is 0 Å². The van der Waals surface area contributed by atoms with Crippen molar-refractivity contribution in [3.8, 4) is 0 Å². The minimum absolute atomic E-state index is 0.140. The highest BCUT2D eigenvalue weighted by Crippen LogP contribution is 2.16. The number of aromatic nitrogens is 1. The zero-order valence-electron chi connectivity index (χ0n) is 10.7. The average molecular weight is 268 g/mol. The maximum absolute atomic E-state index is 12.0. The molecule has 1 aliphatic rings. The Balaban J connectivity index is 1.99. The quantitative estimate of drug-likeness (QED) is 0.889. The van der Waals surface area contributed by atoms with Crippen molar-refractivity contribution < 1.29 is 4.79 Å². The third-order valence-corrected chi connectivity index (χ3v) is 3.61. The lowest BCUT2D eigenvalue weighted by molar-refractivity contribution is 0.0879. The van der Waals surface area contributed by atoms with Crippen LogP contribution < -0.4 is 5.32 Å². The highest BCUT2D eigenvalue weighted by atomic mass is 35.5. The fraction of sp³-hybridized carbons (Fsp3) is 0.538. The maximum atomic E-state index is 12.0. The number of carbonyl (C=O) groups excluding carboxylic acids is 1. The molecule has 1 aromatic rings. The molecule has 5 heteroatoms. The van der Waals surface area contributed by atoms with E-state index >= 15 is 0 Å². The molecule has 2 rings (SSSR count). The summed E-state index contributed by atoms with van der Waals surface area (Å²) in [6.07, 6.45) is 2.53. The van der Waals surface area contributed by atoms with Gasteiger partial charge in [0.1, 0.15) is 5.69 Å². The van der Waals surface area contributed by atoms with E-state index in [-0.39, 0.29) is 11.9 Å². The molecule has 1 saturated heterocycles. The van der Waals surface area contributed by atoms with Crippen molar-refractivity contribution in [2.45, 2.75) is 19.4 Å². The molecule has 1 aliphatic heterocycles. The van der Waals surface area contributed by atoms with Crippen LogP contribution in [0.15, 0.2) is 18.3 Å². The van der Waals surface area contributed by atoms with Crippen LogP contribution in [0.4, 0.5) is 0 Å². The Hall–Kier alpha value is -1.13. The minimum Gasteiger partial charge on any atom is -0.348 e. The Morgan fingerprint density at radius 2 is 2.39 bits per heavy atom. The van der Waals surface area contributed by atoms with Gasteiger partial charge in [0, 0.05) is 23.8 Å². The zero-order chi connectivity index (χ0) is 13.1. The summed E-state index contributed by atoms with van der Waals surface area (Å²) >= 11 is 5.85. The van der Waals surface area contributed by atoms with Gasteiger partial charge in [-0.05, 0) is 38.1 Å². The van der Waals surface area contributed by atoms with Crippen LogP contribution in [-0.4, -0.2) is 42.0 Å². The molecule has 2 atom stereocenters. The van der Waals surface area contributed by atoms with Crippen LogP contribution >= 0.6 is 11.6 Å². The van der Waals surface area contributed by atoms with Crippen molar-refractivity contribution in [2.24, 2.45) is 5.92 Å². The molecule has 2 unspecified atom stereocenters. The van der Waals surface area contributed by atoms with E-state index in [0.717, 1.165) is 19.5 Å². The first-order valence-electron chi connectivity index (χ1n) is 6.17. The number of pyridine rings is 1. The molecule has 4 nitrogen and oxygen atoms in total. The number of likely N-dealkylation sites (tertiary alicyclic amines) is 1. The zero-order valence-corrected chi connectivity index (χ0v) is 11.4. The van der Waals surface area contributed by atoms with Crippen molar-refractivity contribution in [2.75, 3.05) is 20.1 Å². The van der Waals surface area contributed by atoms with Crippen LogP contribution in [0, 0.1) is 5.92 Å². The predicted molar refractivity (Wildman–Crippen MR) is 71.8 cm³/mol. The summed E-state index contributed by atoms with van der Waals surface area (Å²) in [6, 6.07) is 3.47. The number of piperidine rings is 1. The Morgan fingerprint density at radius 1 is 1.61 bits per heavy atom. The molecule has 1 amide bonds. The Bertz CT molecular complexity index is 438. The smallest absolute Gasteiger partial charge is 0.270 e. The molecule has 0 saturated carbocycles. The minimum atomic E-state index is -0.140. The van der Waals surface area contributed by atoms with Gasteiger partial charge in [0.25, 0.3) is 5.91 Å². The lowest BCUT2D eigenvalue weighted by Gasteiger charge is -2.35.